The zero-order valence-electron chi connectivity index (χ0n) is 9.90. The molecule has 0 aliphatic rings. The summed E-state index contributed by atoms with van der Waals surface area (Å²) >= 11 is 5.55. The van der Waals surface area contributed by atoms with Crippen molar-refractivity contribution in [2.24, 2.45) is 5.10 Å². The minimum atomic E-state index is -2.91. The van der Waals surface area contributed by atoms with Gasteiger partial charge in [0.05, 0.1) is 12.3 Å². The fourth-order valence-corrected chi connectivity index (χ4v) is 1.19. The highest BCUT2D eigenvalue weighted by Gasteiger charge is 2.09. The number of nitrogens with zero attached hydrogens (tertiary/aromatic N) is 1. The Morgan fingerprint density at radius 3 is 2.89 bits per heavy atom. The van der Waals surface area contributed by atoms with E-state index in [4.69, 9.17) is 11.6 Å². The molecule has 8 heteroatoms. The van der Waals surface area contributed by atoms with Crippen LogP contribution in [0.1, 0.15) is 6.92 Å². The number of hydrogen-bond donors (Lipinski definition) is 1. The van der Waals surface area contributed by atoms with E-state index in [0.717, 1.165) is 0 Å². The molecule has 1 N–H and O–H groups in total. The number of halogens is 3. The molecule has 0 saturated heterocycles. The average Bonchev–Trinajstić information content (AvgIpc) is 2.36. The third-order valence-corrected chi connectivity index (χ3v) is 2.03. The van der Waals surface area contributed by atoms with Gasteiger partial charge >= 0.3 is 12.6 Å². The molecule has 0 unspecified atom stereocenters. The minimum absolute atomic E-state index is 0.0394. The van der Waals surface area contributed by atoms with Crippen molar-refractivity contribution in [3.05, 3.63) is 24.3 Å². The highest BCUT2D eigenvalue weighted by atomic mass is 35.5. The molecule has 0 spiro atoms. The summed E-state index contributed by atoms with van der Waals surface area (Å²) in [6.07, 6.45) is 0. The predicted molar refractivity (Wildman–Crippen MR) is 66.6 cm³/mol. The number of ether oxygens (including phenoxy) is 2. The Labute approximate surface area is 113 Å². The lowest BCUT2D eigenvalue weighted by Crippen LogP contribution is -2.13. The fourth-order valence-electron chi connectivity index (χ4n) is 1.09. The van der Waals surface area contributed by atoms with Crippen LogP contribution in [0.2, 0.25) is 0 Å². The molecule has 104 valence electrons. The summed E-state index contributed by atoms with van der Waals surface area (Å²) in [6.45, 7) is -1.12. The Bertz CT molecular complexity index is 469. The topological polar surface area (TPSA) is 59.9 Å². The monoisotopic (exact) mass is 292 g/mol. The van der Waals surface area contributed by atoms with Crippen molar-refractivity contribution in [3.63, 3.8) is 0 Å². The molecule has 0 fully saturated rings. The largest absolute Gasteiger partial charge is 0.461 e. The number of carbonyl (C=O) groups is 1. The van der Waals surface area contributed by atoms with Gasteiger partial charge in [-0.1, -0.05) is 17.7 Å². The molecule has 0 aliphatic carbocycles. The van der Waals surface area contributed by atoms with Crippen LogP contribution in [0.15, 0.2) is 29.4 Å². The van der Waals surface area contributed by atoms with Crippen molar-refractivity contribution < 1.29 is 23.0 Å². The molecule has 0 saturated carbocycles. The number of hydrogen-bond acceptors (Lipinski definition) is 5. The van der Waals surface area contributed by atoms with Gasteiger partial charge in [-0.25, -0.2) is 4.79 Å². The van der Waals surface area contributed by atoms with Crippen molar-refractivity contribution in [2.45, 2.75) is 13.5 Å². The van der Waals surface area contributed by atoms with Crippen molar-refractivity contribution in [1.29, 1.82) is 0 Å². The van der Waals surface area contributed by atoms with E-state index < -0.39 is 17.8 Å². The van der Waals surface area contributed by atoms with Crippen molar-refractivity contribution >= 4 is 28.4 Å². The van der Waals surface area contributed by atoms with Gasteiger partial charge in [-0.2, -0.15) is 13.9 Å². The Morgan fingerprint density at radius 1 is 1.53 bits per heavy atom. The normalized spacial score (nSPS) is 11.3. The molecule has 0 atom stereocenters. The van der Waals surface area contributed by atoms with Crippen LogP contribution >= 0.6 is 11.6 Å². The van der Waals surface area contributed by atoms with E-state index in [1.54, 1.807) is 6.92 Å². The second-order valence-electron chi connectivity index (χ2n) is 3.14. The number of benzene rings is 1. The van der Waals surface area contributed by atoms with E-state index in [1.807, 2.05) is 0 Å². The number of anilines is 1. The van der Waals surface area contributed by atoms with Crippen LogP contribution in [-0.2, 0) is 9.53 Å². The third-order valence-electron chi connectivity index (χ3n) is 1.79. The second-order valence-corrected chi connectivity index (χ2v) is 3.50. The molecule has 0 heterocycles. The van der Waals surface area contributed by atoms with Crippen LogP contribution in [0.5, 0.6) is 5.75 Å². The first-order valence-corrected chi connectivity index (χ1v) is 5.62. The summed E-state index contributed by atoms with van der Waals surface area (Å²) < 4.78 is 32.8. The maximum Gasteiger partial charge on any atom is 0.387 e. The molecule has 0 radical (unpaired) electrons. The highest BCUT2D eigenvalue weighted by molar-refractivity contribution is 6.82. The maximum absolute atomic E-state index is 12.0. The van der Waals surface area contributed by atoms with Gasteiger partial charge in [0.25, 0.3) is 0 Å². The van der Waals surface area contributed by atoms with E-state index in [1.165, 1.54) is 24.3 Å². The van der Waals surface area contributed by atoms with Gasteiger partial charge in [0.15, 0.2) is 0 Å². The molecular weight excluding hydrogens is 282 g/mol. The van der Waals surface area contributed by atoms with Crippen molar-refractivity contribution in [3.8, 4) is 5.75 Å². The quantitative estimate of drug-likeness (QED) is 0.497. The summed E-state index contributed by atoms with van der Waals surface area (Å²) in [5, 5.41) is 3.15. The Balaban J connectivity index is 2.67. The van der Waals surface area contributed by atoms with Gasteiger partial charge in [0.2, 0.25) is 5.17 Å². The van der Waals surface area contributed by atoms with Crippen molar-refractivity contribution in [2.75, 3.05) is 12.0 Å². The summed E-state index contributed by atoms with van der Waals surface area (Å²) in [5.74, 6) is -0.820. The van der Waals surface area contributed by atoms with Crippen molar-refractivity contribution in [1.82, 2.24) is 0 Å². The standard InChI is InChI=1S/C11H11ClF2N2O3/c1-2-18-10(17)9(12)16-15-7-4-3-5-8(6-7)19-11(13)14/h3-6,11,15H,2H2,1H3. The van der Waals surface area contributed by atoms with Gasteiger partial charge in [-0.05, 0) is 19.1 Å². The Kier molecular flexibility index (Phi) is 6.01. The summed E-state index contributed by atoms with van der Waals surface area (Å²) in [4.78, 5) is 11.1. The van der Waals surface area contributed by atoms with Gasteiger partial charge in [0.1, 0.15) is 5.75 Å². The summed E-state index contributed by atoms with van der Waals surface area (Å²) in [7, 11) is 0. The molecule has 0 amide bonds. The fraction of sp³-hybridized carbons (Fsp3) is 0.273. The molecule has 0 aromatic heterocycles. The Morgan fingerprint density at radius 2 is 2.26 bits per heavy atom. The van der Waals surface area contributed by atoms with Crippen LogP contribution in [0.25, 0.3) is 0 Å². The first-order chi connectivity index (χ1) is 9.02. The van der Waals surface area contributed by atoms with Gasteiger partial charge < -0.3 is 9.47 Å². The third kappa shape index (κ3) is 5.52. The zero-order chi connectivity index (χ0) is 14.3. The average molecular weight is 293 g/mol. The maximum atomic E-state index is 12.0. The van der Waals surface area contributed by atoms with E-state index in [2.05, 4.69) is 20.0 Å². The second kappa shape index (κ2) is 7.52. The van der Waals surface area contributed by atoms with Gasteiger partial charge in [-0.15, -0.1) is 0 Å². The van der Waals surface area contributed by atoms with Gasteiger partial charge in [0, 0.05) is 6.07 Å². The van der Waals surface area contributed by atoms with E-state index in [0.29, 0.717) is 5.69 Å². The minimum Gasteiger partial charge on any atom is -0.461 e. The lowest BCUT2D eigenvalue weighted by Gasteiger charge is -2.06. The number of carbonyl (C=O) groups excluding carboxylic acids is 1. The lowest BCUT2D eigenvalue weighted by molar-refractivity contribution is -0.134. The van der Waals surface area contributed by atoms with Crippen LogP contribution in [-0.4, -0.2) is 24.4 Å². The first-order valence-electron chi connectivity index (χ1n) is 5.24. The smallest absolute Gasteiger partial charge is 0.387 e. The molecule has 5 nitrogen and oxygen atoms in total. The van der Waals surface area contributed by atoms with E-state index >= 15 is 0 Å². The van der Waals surface area contributed by atoms with Gasteiger partial charge in [-0.3, -0.25) is 5.43 Å². The molecule has 1 rings (SSSR count). The highest BCUT2D eigenvalue weighted by Crippen LogP contribution is 2.19. The predicted octanol–water partition coefficient (Wildman–Crippen LogP) is 2.82. The molecule has 0 aliphatic heterocycles. The number of alkyl halides is 2. The SMILES string of the molecule is CCOC(=O)C(Cl)=NNc1cccc(OC(F)F)c1. The lowest BCUT2D eigenvalue weighted by atomic mass is 10.3. The Hall–Kier alpha value is -1.89. The molecule has 0 bridgehead atoms. The zero-order valence-corrected chi connectivity index (χ0v) is 10.7. The number of nitrogens with one attached hydrogen (secondary N) is 1. The van der Waals surface area contributed by atoms with Crippen LogP contribution < -0.4 is 10.2 Å². The molecule has 1 aromatic rings. The van der Waals surface area contributed by atoms with Crippen LogP contribution in [0, 0.1) is 0 Å². The van der Waals surface area contributed by atoms with Crippen LogP contribution in [0.4, 0.5) is 14.5 Å². The number of rotatable bonds is 6. The summed E-state index contributed by atoms with van der Waals surface area (Å²) in [6, 6.07) is 5.66. The molecular formula is C11H11ClF2N2O3. The van der Waals surface area contributed by atoms with Crippen LogP contribution in [0.3, 0.4) is 0 Å². The summed E-state index contributed by atoms with van der Waals surface area (Å²) in [5.41, 5.74) is 2.76. The molecule has 19 heavy (non-hydrogen) atoms. The number of esters is 1. The first kappa shape index (κ1) is 15.2. The molecule has 1 aromatic carbocycles. The van der Waals surface area contributed by atoms with E-state index in [9.17, 15) is 13.6 Å². The van der Waals surface area contributed by atoms with E-state index in [-0.39, 0.29) is 12.4 Å². The number of hydrazone groups is 1.